The van der Waals surface area contributed by atoms with Gasteiger partial charge >= 0.3 is 0 Å². The molecule has 0 saturated carbocycles. The van der Waals surface area contributed by atoms with E-state index < -0.39 is 0 Å². The van der Waals surface area contributed by atoms with Crippen molar-refractivity contribution in [2.24, 2.45) is 0 Å². The third-order valence-electron chi connectivity index (χ3n) is 4.86. The second kappa shape index (κ2) is 8.81. The average molecular weight is 357 g/mol. The first-order valence-electron chi connectivity index (χ1n) is 8.95. The Bertz CT molecular complexity index is 719. The van der Waals surface area contributed by atoms with Crippen molar-refractivity contribution >= 4 is 0 Å². The van der Waals surface area contributed by atoms with Gasteiger partial charge in [-0.05, 0) is 31.2 Å². The van der Waals surface area contributed by atoms with E-state index >= 15 is 0 Å². The van der Waals surface area contributed by atoms with Gasteiger partial charge in [0.15, 0.2) is 11.5 Å². The van der Waals surface area contributed by atoms with Crippen LogP contribution in [0.4, 0.5) is 0 Å². The fourth-order valence-corrected chi connectivity index (χ4v) is 3.51. The van der Waals surface area contributed by atoms with Gasteiger partial charge in [0.2, 0.25) is 0 Å². The van der Waals surface area contributed by atoms with Gasteiger partial charge in [0.1, 0.15) is 18.1 Å². The van der Waals surface area contributed by atoms with Gasteiger partial charge in [-0.1, -0.05) is 18.2 Å². The van der Waals surface area contributed by atoms with E-state index in [2.05, 4.69) is 11.0 Å². The fraction of sp³-hybridized carbons (Fsp3) is 0.429. The lowest BCUT2D eigenvalue weighted by Crippen LogP contribution is -2.26. The first kappa shape index (κ1) is 18.4. The second-order valence-corrected chi connectivity index (χ2v) is 6.40. The Labute approximate surface area is 155 Å². The van der Waals surface area contributed by atoms with E-state index in [0.717, 1.165) is 49.1 Å². The lowest BCUT2D eigenvalue weighted by atomic mass is 9.97. The molecule has 0 amide bonds. The van der Waals surface area contributed by atoms with Crippen LogP contribution in [0.2, 0.25) is 0 Å². The monoisotopic (exact) mass is 357 g/mol. The molecule has 140 valence electrons. The molecule has 0 bridgehead atoms. The van der Waals surface area contributed by atoms with Crippen LogP contribution in [-0.2, 0) is 0 Å². The molecule has 0 aliphatic carbocycles. The van der Waals surface area contributed by atoms with Crippen molar-refractivity contribution in [3.63, 3.8) is 0 Å². The van der Waals surface area contributed by atoms with E-state index in [1.807, 2.05) is 36.4 Å². The number of methoxy groups -OCH3 is 3. The zero-order valence-electron chi connectivity index (χ0n) is 15.7. The maximum Gasteiger partial charge on any atom is 0.164 e. The van der Waals surface area contributed by atoms with Gasteiger partial charge in [-0.25, -0.2) is 0 Å². The van der Waals surface area contributed by atoms with E-state index in [4.69, 9.17) is 18.9 Å². The number of likely N-dealkylation sites (tertiary alicyclic amines) is 1. The quantitative estimate of drug-likeness (QED) is 0.722. The van der Waals surface area contributed by atoms with Crippen molar-refractivity contribution in [2.45, 2.75) is 12.3 Å². The molecule has 1 aliphatic heterocycles. The van der Waals surface area contributed by atoms with Crippen molar-refractivity contribution < 1.29 is 18.9 Å². The SMILES string of the molecule is COc1cccc(OCCN2CC[C@H](c3cccc(OC)c3OC)C2)c1. The third-order valence-corrected chi connectivity index (χ3v) is 4.86. The molecule has 0 spiro atoms. The van der Waals surface area contributed by atoms with Crippen LogP contribution in [-0.4, -0.2) is 52.5 Å². The predicted octanol–water partition coefficient (Wildman–Crippen LogP) is 3.58. The summed E-state index contributed by atoms with van der Waals surface area (Å²) in [6.07, 6.45) is 1.11. The minimum absolute atomic E-state index is 0.455. The molecular weight excluding hydrogens is 330 g/mol. The van der Waals surface area contributed by atoms with Crippen molar-refractivity contribution in [1.82, 2.24) is 4.90 Å². The van der Waals surface area contributed by atoms with Crippen LogP contribution in [0.3, 0.4) is 0 Å². The normalized spacial score (nSPS) is 17.1. The lowest BCUT2D eigenvalue weighted by Gasteiger charge is -2.19. The van der Waals surface area contributed by atoms with E-state index in [1.54, 1.807) is 21.3 Å². The highest BCUT2D eigenvalue weighted by molar-refractivity contribution is 5.48. The summed E-state index contributed by atoms with van der Waals surface area (Å²) in [6, 6.07) is 13.8. The standard InChI is InChI=1S/C21H27NO4/c1-23-17-6-4-7-18(14-17)26-13-12-22-11-10-16(15-22)19-8-5-9-20(24-2)21(19)25-3/h4-9,14,16H,10-13,15H2,1-3H3/t16-/m0/s1. The average Bonchev–Trinajstić information content (AvgIpc) is 3.16. The summed E-state index contributed by atoms with van der Waals surface area (Å²) in [7, 11) is 5.05. The summed E-state index contributed by atoms with van der Waals surface area (Å²) in [4.78, 5) is 2.43. The zero-order chi connectivity index (χ0) is 18.4. The molecule has 0 unspecified atom stereocenters. The highest BCUT2D eigenvalue weighted by Gasteiger charge is 2.27. The van der Waals surface area contributed by atoms with Gasteiger partial charge in [-0.3, -0.25) is 4.90 Å². The third kappa shape index (κ3) is 4.22. The van der Waals surface area contributed by atoms with Crippen LogP contribution in [0.5, 0.6) is 23.0 Å². The minimum atomic E-state index is 0.455. The first-order valence-corrected chi connectivity index (χ1v) is 8.95. The summed E-state index contributed by atoms with van der Waals surface area (Å²) < 4.78 is 22.1. The number of ether oxygens (including phenoxy) is 4. The topological polar surface area (TPSA) is 40.2 Å². The van der Waals surface area contributed by atoms with Crippen LogP contribution in [0.1, 0.15) is 17.9 Å². The van der Waals surface area contributed by atoms with E-state index in [1.165, 1.54) is 5.56 Å². The molecule has 0 radical (unpaired) electrons. The van der Waals surface area contributed by atoms with Gasteiger partial charge in [-0.15, -0.1) is 0 Å². The highest BCUT2D eigenvalue weighted by Crippen LogP contribution is 2.39. The van der Waals surface area contributed by atoms with Crippen LogP contribution in [0.25, 0.3) is 0 Å². The van der Waals surface area contributed by atoms with Crippen molar-refractivity contribution in [2.75, 3.05) is 47.6 Å². The summed E-state index contributed by atoms with van der Waals surface area (Å²) >= 11 is 0. The van der Waals surface area contributed by atoms with Crippen molar-refractivity contribution in [3.8, 4) is 23.0 Å². The highest BCUT2D eigenvalue weighted by atomic mass is 16.5. The molecule has 26 heavy (non-hydrogen) atoms. The number of nitrogens with zero attached hydrogens (tertiary/aromatic N) is 1. The van der Waals surface area contributed by atoms with Gasteiger partial charge in [0.05, 0.1) is 21.3 Å². The van der Waals surface area contributed by atoms with Gasteiger partial charge in [-0.2, -0.15) is 0 Å². The predicted molar refractivity (Wildman–Crippen MR) is 102 cm³/mol. The van der Waals surface area contributed by atoms with Crippen LogP contribution < -0.4 is 18.9 Å². The Morgan fingerprint density at radius 2 is 1.77 bits per heavy atom. The maximum atomic E-state index is 5.87. The molecule has 1 atom stereocenters. The van der Waals surface area contributed by atoms with Gasteiger partial charge in [0, 0.05) is 30.6 Å². The van der Waals surface area contributed by atoms with E-state index in [0.29, 0.717) is 12.5 Å². The van der Waals surface area contributed by atoms with E-state index in [-0.39, 0.29) is 0 Å². The van der Waals surface area contributed by atoms with Crippen LogP contribution in [0.15, 0.2) is 42.5 Å². The number of hydrogen-bond donors (Lipinski definition) is 0. The first-order chi connectivity index (χ1) is 12.7. The molecule has 2 aromatic rings. The minimum Gasteiger partial charge on any atom is -0.497 e. The number of para-hydroxylation sites is 1. The number of benzene rings is 2. The molecule has 3 rings (SSSR count). The van der Waals surface area contributed by atoms with Gasteiger partial charge in [0.25, 0.3) is 0 Å². The molecule has 5 heteroatoms. The second-order valence-electron chi connectivity index (χ2n) is 6.40. The molecule has 1 saturated heterocycles. The van der Waals surface area contributed by atoms with Gasteiger partial charge < -0.3 is 18.9 Å². The summed E-state index contributed by atoms with van der Waals surface area (Å²) in [6.45, 7) is 3.63. The van der Waals surface area contributed by atoms with Crippen LogP contribution in [0, 0.1) is 0 Å². The number of hydrogen-bond acceptors (Lipinski definition) is 5. The fourth-order valence-electron chi connectivity index (χ4n) is 3.51. The zero-order valence-corrected chi connectivity index (χ0v) is 15.7. The Morgan fingerprint density at radius 3 is 2.54 bits per heavy atom. The Balaban J connectivity index is 1.54. The molecule has 5 nitrogen and oxygen atoms in total. The molecular formula is C21H27NO4. The Morgan fingerprint density at radius 1 is 0.962 bits per heavy atom. The Kier molecular flexibility index (Phi) is 6.23. The molecule has 0 aromatic heterocycles. The summed E-state index contributed by atoms with van der Waals surface area (Å²) in [5.74, 6) is 3.76. The lowest BCUT2D eigenvalue weighted by molar-refractivity contribution is 0.235. The molecule has 2 aromatic carbocycles. The maximum absolute atomic E-state index is 5.87. The number of rotatable bonds is 8. The molecule has 1 aliphatic rings. The molecule has 0 N–H and O–H groups in total. The molecule has 1 heterocycles. The molecule has 1 fully saturated rings. The van der Waals surface area contributed by atoms with Crippen molar-refractivity contribution in [3.05, 3.63) is 48.0 Å². The summed E-state index contributed by atoms with van der Waals surface area (Å²) in [5.41, 5.74) is 1.23. The summed E-state index contributed by atoms with van der Waals surface area (Å²) in [5, 5.41) is 0. The smallest absolute Gasteiger partial charge is 0.164 e. The van der Waals surface area contributed by atoms with Crippen LogP contribution >= 0.6 is 0 Å². The van der Waals surface area contributed by atoms with E-state index in [9.17, 15) is 0 Å². The Hall–Kier alpha value is -2.40. The van der Waals surface area contributed by atoms with Crippen molar-refractivity contribution in [1.29, 1.82) is 0 Å². The largest absolute Gasteiger partial charge is 0.497 e.